The van der Waals surface area contributed by atoms with Crippen LogP contribution in [-0.4, -0.2) is 27.8 Å². The maximum absolute atomic E-state index is 10.8. The van der Waals surface area contributed by atoms with Gasteiger partial charge in [-0.2, -0.15) is 0 Å². The average Bonchev–Trinajstić information content (AvgIpc) is 2.22. The van der Waals surface area contributed by atoms with E-state index in [1.165, 1.54) is 19.1 Å². The van der Waals surface area contributed by atoms with E-state index in [1.807, 2.05) is 0 Å². The lowest BCUT2D eigenvalue weighted by Gasteiger charge is -2.06. The zero-order chi connectivity index (χ0) is 12.7. The summed E-state index contributed by atoms with van der Waals surface area (Å²) < 4.78 is 0. The molecule has 0 rings (SSSR count). The number of oxime groups is 1. The van der Waals surface area contributed by atoms with Crippen molar-refractivity contribution in [1.29, 1.82) is 5.41 Å². The van der Waals surface area contributed by atoms with Crippen LogP contribution in [0.2, 0.25) is 0 Å². The van der Waals surface area contributed by atoms with Crippen molar-refractivity contribution in [3.63, 3.8) is 0 Å². The van der Waals surface area contributed by atoms with Gasteiger partial charge in [0, 0.05) is 11.3 Å². The van der Waals surface area contributed by atoms with Crippen LogP contribution in [0.4, 0.5) is 0 Å². The van der Waals surface area contributed by atoms with Crippen LogP contribution < -0.4 is 5.73 Å². The third-order valence-electron chi connectivity index (χ3n) is 1.82. The van der Waals surface area contributed by atoms with E-state index in [0.29, 0.717) is 0 Å². The summed E-state index contributed by atoms with van der Waals surface area (Å²) in [5.41, 5.74) is 5.47. The molecular formula is C10H15N3O3. The maximum atomic E-state index is 10.8. The first kappa shape index (κ1) is 13.9. The number of rotatable bonds is 5. The van der Waals surface area contributed by atoms with Crippen LogP contribution in [0.5, 0.6) is 0 Å². The highest BCUT2D eigenvalue weighted by Crippen LogP contribution is 2.08. The molecule has 0 aromatic rings. The molecule has 0 fully saturated rings. The molecule has 6 nitrogen and oxygen atoms in total. The Morgan fingerprint density at radius 1 is 1.56 bits per heavy atom. The van der Waals surface area contributed by atoms with Gasteiger partial charge < -0.3 is 21.5 Å². The molecule has 1 unspecified atom stereocenters. The molecule has 0 spiro atoms. The van der Waals surface area contributed by atoms with Gasteiger partial charge in [0.05, 0.1) is 5.92 Å². The highest BCUT2D eigenvalue weighted by molar-refractivity contribution is 6.21. The number of nitrogens with two attached hydrogens (primary N) is 1. The summed E-state index contributed by atoms with van der Waals surface area (Å²) in [6.07, 6.45) is 4.29. The van der Waals surface area contributed by atoms with E-state index in [-0.39, 0.29) is 17.1 Å². The van der Waals surface area contributed by atoms with Crippen molar-refractivity contribution in [2.24, 2.45) is 16.8 Å². The van der Waals surface area contributed by atoms with Crippen molar-refractivity contribution in [3.05, 3.63) is 23.8 Å². The highest BCUT2D eigenvalue weighted by Gasteiger charge is 2.15. The standard InChI is InChI=1S/C10H15N3O3/c1-3-4-7(10(14)15)5-8(6(2)11)9(12)13-16/h3-5,7,11,16H,1-2H3,(H2,12,13)(H,14,15)/b4-3?,8-5+,11-6?. The third kappa shape index (κ3) is 3.95. The molecule has 0 aromatic carbocycles. The Bertz CT molecular complexity index is 370. The first-order valence-corrected chi connectivity index (χ1v) is 4.54. The highest BCUT2D eigenvalue weighted by atomic mass is 16.4. The molecule has 0 saturated carbocycles. The third-order valence-corrected chi connectivity index (χ3v) is 1.82. The quantitative estimate of drug-likeness (QED) is 0.183. The fraction of sp³-hybridized carbons (Fsp3) is 0.300. The normalized spacial score (nSPS) is 15.1. The number of amidine groups is 1. The van der Waals surface area contributed by atoms with Crippen molar-refractivity contribution in [2.45, 2.75) is 13.8 Å². The van der Waals surface area contributed by atoms with Crippen LogP contribution in [0, 0.1) is 11.3 Å². The number of carbonyl (C=O) groups is 1. The zero-order valence-corrected chi connectivity index (χ0v) is 9.14. The number of hydrogen-bond acceptors (Lipinski definition) is 4. The molecule has 0 saturated heterocycles. The van der Waals surface area contributed by atoms with Gasteiger partial charge in [0.15, 0.2) is 5.84 Å². The first-order chi connectivity index (χ1) is 7.43. The molecule has 6 heteroatoms. The Morgan fingerprint density at radius 2 is 2.12 bits per heavy atom. The second kappa shape index (κ2) is 6.39. The van der Waals surface area contributed by atoms with Gasteiger partial charge in [0.2, 0.25) is 0 Å². The predicted octanol–water partition coefficient (Wildman–Crippen LogP) is 0.976. The summed E-state index contributed by atoms with van der Waals surface area (Å²) in [5.74, 6) is -2.24. The number of carboxylic acid groups (broad SMARTS) is 1. The largest absolute Gasteiger partial charge is 0.481 e. The molecular weight excluding hydrogens is 210 g/mol. The smallest absolute Gasteiger partial charge is 0.314 e. The van der Waals surface area contributed by atoms with Crippen LogP contribution in [0.3, 0.4) is 0 Å². The summed E-state index contributed by atoms with van der Waals surface area (Å²) in [5, 5.41) is 27.5. The van der Waals surface area contributed by atoms with Crippen LogP contribution >= 0.6 is 0 Å². The van der Waals surface area contributed by atoms with E-state index in [2.05, 4.69) is 5.16 Å². The van der Waals surface area contributed by atoms with Crippen molar-refractivity contribution in [2.75, 3.05) is 0 Å². The lowest BCUT2D eigenvalue weighted by atomic mass is 10.0. The van der Waals surface area contributed by atoms with Crippen molar-refractivity contribution >= 4 is 17.5 Å². The topological polar surface area (TPSA) is 120 Å². The van der Waals surface area contributed by atoms with E-state index in [1.54, 1.807) is 13.0 Å². The molecule has 0 bridgehead atoms. The lowest BCUT2D eigenvalue weighted by molar-refractivity contribution is -0.138. The van der Waals surface area contributed by atoms with E-state index < -0.39 is 11.9 Å². The number of allylic oxidation sites excluding steroid dienone is 1. The molecule has 0 heterocycles. The lowest BCUT2D eigenvalue weighted by Crippen LogP contribution is -2.21. The van der Waals surface area contributed by atoms with Crippen molar-refractivity contribution < 1.29 is 15.1 Å². The maximum Gasteiger partial charge on any atom is 0.314 e. The Morgan fingerprint density at radius 3 is 2.44 bits per heavy atom. The fourth-order valence-corrected chi connectivity index (χ4v) is 1.05. The van der Waals surface area contributed by atoms with Crippen molar-refractivity contribution in [1.82, 2.24) is 0 Å². The number of aliphatic carboxylic acids is 1. The summed E-state index contributed by atoms with van der Waals surface area (Å²) in [4.78, 5) is 10.8. The first-order valence-electron chi connectivity index (χ1n) is 4.54. The molecule has 0 aliphatic heterocycles. The van der Waals surface area contributed by atoms with Crippen LogP contribution in [-0.2, 0) is 4.79 Å². The summed E-state index contributed by atoms with van der Waals surface area (Å²) in [6.45, 7) is 3.11. The van der Waals surface area contributed by atoms with Gasteiger partial charge in [0.1, 0.15) is 0 Å². The Balaban J connectivity index is 5.32. The Labute approximate surface area is 93.3 Å². The number of nitrogens with zero attached hydrogens (tertiary/aromatic N) is 1. The van der Waals surface area contributed by atoms with E-state index in [4.69, 9.17) is 21.5 Å². The second-order valence-corrected chi connectivity index (χ2v) is 3.08. The summed E-state index contributed by atoms with van der Waals surface area (Å²) >= 11 is 0. The number of nitrogens with one attached hydrogen (secondary N) is 1. The minimum Gasteiger partial charge on any atom is -0.481 e. The number of carboxylic acids is 1. The van der Waals surface area contributed by atoms with Gasteiger partial charge in [-0.3, -0.25) is 4.79 Å². The minimum atomic E-state index is -1.07. The second-order valence-electron chi connectivity index (χ2n) is 3.08. The SMILES string of the molecule is CC=CC(/C=C(\C(C)=N)C(N)=NO)C(=O)O. The zero-order valence-electron chi connectivity index (χ0n) is 9.14. The average molecular weight is 225 g/mol. The molecule has 0 aliphatic rings. The number of hydrogen-bond donors (Lipinski definition) is 4. The van der Waals surface area contributed by atoms with Gasteiger partial charge >= 0.3 is 5.97 Å². The molecule has 0 aliphatic carbocycles. The van der Waals surface area contributed by atoms with Gasteiger partial charge in [-0.1, -0.05) is 23.4 Å². The van der Waals surface area contributed by atoms with Gasteiger partial charge in [-0.15, -0.1) is 0 Å². The monoisotopic (exact) mass is 225 g/mol. The molecule has 5 N–H and O–H groups in total. The summed E-state index contributed by atoms with van der Waals surface area (Å²) in [6, 6.07) is 0. The molecule has 0 aromatic heterocycles. The molecule has 1 atom stereocenters. The van der Waals surface area contributed by atoms with Crippen LogP contribution in [0.1, 0.15) is 13.8 Å². The molecule has 88 valence electrons. The molecule has 0 amide bonds. The van der Waals surface area contributed by atoms with E-state index in [0.717, 1.165) is 0 Å². The van der Waals surface area contributed by atoms with E-state index in [9.17, 15) is 4.79 Å². The molecule has 16 heavy (non-hydrogen) atoms. The van der Waals surface area contributed by atoms with Gasteiger partial charge in [-0.25, -0.2) is 0 Å². The Hall–Kier alpha value is -2.11. The van der Waals surface area contributed by atoms with E-state index >= 15 is 0 Å². The van der Waals surface area contributed by atoms with Gasteiger partial charge in [0.25, 0.3) is 0 Å². The summed E-state index contributed by atoms with van der Waals surface area (Å²) in [7, 11) is 0. The van der Waals surface area contributed by atoms with Crippen molar-refractivity contribution in [3.8, 4) is 0 Å². The molecule has 0 radical (unpaired) electrons. The Kier molecular flexibility index (Phi) is 5.55. The fourth-order valence-electron chi connectivity index (χ4n) is 1.05. The minimum absolute atomic E-state index is 0.0334. The van der Waals surface area contributed by atoms with Crippen LogP contribution in [0.15, 0.2) is 29.0 Å². The van der Waals surface area contributed by atoms with Gasteiger partial charge in [-0.05, 0) is 13.8 Å². The van der Waals surface area contributed by atoms with Crippen LogP contribution in [0.25, 0.3) is 0 Å². The predicted molar refractivity (Wildman–Crippen MR) is 60.8 cm³/mol.